The van der Waals surface area contributed by atoms with Crippen LogP contribution in [0.25, 0.3) is 11.1 Å². The Bertz CT molecular complexity index is 1140. The molecule has 3 rings (SSSR count). The van der Waals surface area contributed by atoms with Gasteiger partial charge < -0.3 is 5.11 Å². The zero-order valence-electron chi connectivity index (χ0n) is 16.0. The maximum Gasteiger partial charge on any atom is 0.335 e. The van der Waals surface area contributed by atoms with Gasteiger partial charge in [0.15, 0.2) is 0 Å². The number of anilines is 1. The zero-order valence-corrected chi connectivity index (χ0v) is 17.5. The molecule has 0 saturated heterocycles. The summed E-state index contributed by atoms with van der Waals surface area (Å²) in [5.74, 6) is -1.16. The van der Waals surface area contributed by atoms with E-state index in [1.54, 1.807) is 38.1 Å². The number of halogens is 1. The van der Waals surface area contributed by atoms with Crippen LogP contribution in [0.3, 0.4) is 0 Å². The van der Waals surface area contributed by atoms with Crippen molar-refractivity contribution in [3.05, 3.63) is 82.9 Å². The summed E-state index contributed by atoms with van der Waals surface area (Å²) in [5.41, 5.74) is 2.88. The van der Waals surface area contributed by atoms with Crippen molar-refractivity contribution in [2.24, 2.45) is 0 Å². The Morgan fingerprint density at radius 3 is 2.03 bits per heavy atom. The third kappa shape index (κ3) is 4.28. The van der Waals surface area contributed by atoms with Crippen LogP contribution in [-0.4, -0.2) is 26.0 Å². The first-order chi connectivity index (χ1) is 13.7. The number of hydrogen-bond donors (Lipinski definition) is 1. The first kappa shape index (κ1) is 20.9. The number of sulfonamides is 1. The van der Waals surface area contributed by atoms with E-state index in [0.29, 0.717) is 16.3 Å². The Morgan fingerprint density at radius 2 is 1.52 bits per heavy atom. The highest BCUT2D eigenvalue weighted by atomic mass is 35.5. The van der Waals surface area contributed by atoms with Crippen LogP contribution in [0.2, 0.25) is 5.02 Å². The maximum atomic E-state index is 13.2. The van der Waals surface area contributed by atoms with Crippen LogP contribution in [-0.2, 0) is 10.0 Å². The van der Waals surface area contributed by atoms with Crippen molar-refractivity contribution in [3.8, 4) is 11.1 Å². The molecule has 0 atom stereocenters. The summed E-state index contributed by atoms with van der Waals surface area (Å²) < 4.78 is 27.6. The second-order valence-electron chi connectivity index (χ2n) is 6.51. The average molecular weight is 430 g/mol. The van der Waals surface area contributed by atoms with Gasteiger partial charge in [-0.05, 0) is 66.9 Å². The molecule has 150 valence electrons. The lowest BCUT2D eigenvalue weighted by atomic mass is 10.1. The molecular formula is C22H20ClNO4S. The van der Waals surface area contributed by atoms with Gasteiger partial charge in [-0.25, -0.2) is 13.2 Å². The van der Waals surface area contributed by atoms with E-state index in [2.05, 4.69) is 0 Å². The first-order valence-corrected chi connectivity index (χ1v) is 10.8. The van der Waals surface area contributed by atoms with E-state index in [1.165, 1.54) is 22.5 Å². The average Bonchev–Trinajstić information content (AvgIpc) is 2.69. The van der Waals surface area contributed by atoms with E-state index in [1.807, 2.05) is 24.3 Å². The molecule has 3 aromatic rings. The number of benzene rings is 3. The first-order valence-electron chi connectivity index (χ1n) is 8.96. The molecule has 0 amide bonds. The van der Waals surface area contributed by atoms with Gasteiger partial charge in [0.2, 0.25) is 0 Å². The van der Waals surface area contributed by atoms with E-state index in [0.717, 1.165) is 11.1 Å². The van der Waals surface area contributed by atoms with Gasteiger partial charge in [-0.2, -0.15) is 0 Å². The Hall–Kier alpha value is -2.83. The summed E-state index contributed by atoms with van der Waals surface area (Å²) >= 11 is 5.92. The Labute approximate surface area is 175 Å². The van der Waals surface area contributed by atoms with Crippen molar-refractivity contribution in [2.45, 2.75) is 18.7 Å². The Kier molecular flexibility index (Phi) is 5.96. The van der Waals surface area contributed by atoms with Gasteiger partial charge in [0.1, 0.15) is 0 Å². The second kappa shape index (κ2) is 8.27. The molecule has 0 aliphatic rings. The minimum atomic E-state index is -3.91. The van der Waals surface area contributed by atoms with Crippen molar-refractivity contribution in [3.63, 3.8) is 0 Å². The SMILES string of the molecule is CCN(c1ccc(-c2ccc(Cl)cc2)cc1)S(=O)(=O)c1ccc(C)c(C(=O)O)c1. The van der Waals surface area contributed by atoms with Crippen molar-refractivity contribution < 1.29 is 18.3 Å². The summed E-state index contributed by atoms with van der Waals surface area (Å²) in [6.07, 6.45) is 0. The molecule has 0 radical (unpaired) electrons. The molecule has 7 heteroatoms. The van der Waals surface area contributed by atoms with E-state index in [9.17, 15) is 18.3 Å². The van der Waals surface area contributed by atoms with E-state index in [4.69, 9.17) is 11.6 Å². The number of carbonyl (C=O) groups is 1. The maximum absolute atomic E-state index is 13.2. The number of nitrogens with zero attached hydrogens (tertiary/aromatic N) is 1. The third-order valence-corrected chi connectivity index (χ3v) is 6.80. The van der Waals surface area contributed by atoms with E-state index < -0.39 is 16.0 Å². The molecule has 3 aromatic carbocycles. The molecule has 0 unspecified atom stereocenters. The molecule has 0 heterocycles. The standard InChI is InChI=1S/C22H20ClNO4S/c1-3-24(29(27,28)20-13-4-15(2)21(14-20)22(25)26)19-11-7-17(8-12-19)16-5-9-18(23)10-6-16/h4-14H,3H2,1-2H3,(H,25,26). The van der Waals surface area contributed by atoms with Crippen LogP contribution in [0.1, 0.15) is 22.8 Å². The molecule has 29 heavy (non-hydrogen) atoms. The predicted octanol–water partition coefficient (Wildman–Crippen LogP) is 5.23. The molecule has 0 aromatic heterocycles. The number of aromatic carboxylic acids is 1. The third-order valence-electron chi connectivity index (χ3n) is 4.65. The molecule has 0 aliphatic heterocycles. The highest BCUT2D eigenvalue weighted by Crippen LogP contribution is 2.28. The fraction of sp³-hybridized carbons (Fsp3) is 0.136. The summed E-state index contributed by atoms with van der Waals surface area (Å²) in [4.78, 5) is 11.3. The van der Waals surface area contributed by atoms with Crippen molar-refractivity contribution in [1.82, 2.24) is 0 Å². The van der Waals surface area contributed by atoms with Crippen LogP contribution < -0.4 is 4.31 Å². The van der Waals surface area contributed by atoms with Crippen molar-refractivity contribution in [1.29, 1.82) is 0 Å². The van der Waals surface area contributed by atoms with Gasteiger partial charge in [-0.3, -0.25) is 4.31 Å². The number of carboxylic acid groups (broad SMARTS) is 1. The lowest BCUT2D eigenvalue weighted by Crippen LogP contribution is -2.31. The van der Waals surface area contributed by atoms with Crippen LogP contribution in [0.5, 0.6) is 0 Å². The van der Waals surface area contributed by atoms with Crippen molar-refractivity contribution >= 4 is 33.3 Å². The molecule has 0 aliphatic carbocycles. The molecule has 0 saturated carbocycles. The van der Waals surface area contributed by atoms with Gasteiger partial charge in [0.05, 0.1) is 16.1 Å². The molecular weight excluding hydrogens is 410 g/mol. The van der Waals surface area contributed by atoms with Crippen LogP contribution in [0.15, 0.2) is 71.6 Å². The van der Waals surface area contributed by atoms with Crippen molar-refractivity contribution in [2.75, 3.05) is 10.8 Å². The highest BCUT2D eigenvalue weighted by molar-refractivity contribution is 7.92. The summed E-state index contributed by atoms with van der Waals surface area (Å²) in [5, 5.41) is 9.95. The largest absolute Gasteiger partial charge is 0.478 e. The lowest BCUT2D eigenvalue weighted by Gasteiger charge is -2.23. The van der Waals surface area contributed by atoms with E-state index in [-0.39, 0.29) is 17.0 Å². The minimum Gasteiger partial charge on any atom is -0.478 e. The molecule has 0 bridgehead atoms. The summed E-state index contributed by atoms with van der Waals surface area (Å²) in [7, 11) is -3.91. The smallest absolute Gasteiger partial charge is 0.335 e. The second-order valence-corrected chi connectivity index (χ2v) is 8.80. The van der Waals surface area contributed by atoms with E-state index >= 15 is 0 Å². The number of hydrogen-bond acceptors (Lipinski definition) is 3. The van der Waals surface area contributed by atoms with Gasteiger partial charge >= 0.3 is 5.97 Å². The van der Waals surface area contributed by atoms with Crippen LogP contribution in [0.4, 0.5) is 5.69 Å². The van der Waals surface area contributed by atoms with Gasteiger partial charge in [0, 0.05) is 11.6 Å². The zero-order chi connectivity index (χ0) is 21.2. The number of rotatable bonds is 6. The molecule has 5 nitrogen and oxygen atoms in total. The Morgan fingerprint density at radius 1 is 0.966 bits per heavy atom. The van der Waals surface area contributed by atoms with Gasteiger partial charge in [-0.15, -0.1) is 0 Å². The van der Waals surface area contributed by atoms with Crippen LogP contribution in [0, 0.1) is 6.92 Å². The minimum absolute atomic E-state index is 0.0276. The van der Waals surface area contributed by atoms with Gasteiger partial charge in [0.25, 0.3) is 10.0 Å². The number of carboxylic acids is 1. The normalized spacial score (nSPS) is 11.3. The predicted molar refractivity (Wildman–Crippen MR) is 115 cm³/mol. The molecule has 1 N–H and O–H groups in total. The highest BCUT2D eigenvalue weighted by Gasteiger charge is 2.25. The molecule has 0 fully saturated rings. The summed E-state index contributed by atoms with van der Waals surface area (Å²) in [6.45, 7) is 3.57. The van der Waals surface area contributed by atoms with Crippen LogP contribution >= 0.6 is 11.6 Å². The molecule has 0 spiro atoms. The quantitative estimate of drug-likeness (QED) is 0.582. The fourth-order valence-corrected chi connectivity index (χ4v) is 4.70. The number of aryl methyl sites for hydroxylation is 1. The topological polar surface area (TPSA) is 74.7 Å². The fourth-order valence-electron chi connectivity index (χ4n) is 3.07. The summed E-state index contributed by atoms with van der Waals surface area (Å²) in [6, 6.07) is 18.7. The monoisotopic (exact) mass is 429 g/mol. The van der Waals surface area contributed by atoms with Gasteiger partial charge in [-0.1, -0.05) is 41.9 Å². The Balaban J connectivity index is 1.97. The lowest BCUT2D eigenvalue weighted by molar-refractivity contribution is 0.0696.